The first kappa shape index (κ1) is 30.8. The van der Waals surface area contributed by atoms with Crippen LogP contribution in [0.15, 0.2) is 60.7 Å². The van der Waals surface area contributed by atoms with E-state index in [-0.39, 0.29) is 25.4 Å². The molecule has 0 aliphatic heterocycles. The number of carbonyl (C=O) groups is 5. The fourth-order valence-corrected chi connectivity index (χ4v) is 3.60. The molecule has 11 nitrogen and oxygen atoms in total. The van der Waals surface area contributed by atoms with E-state index in [1.165, 1.54) is 6.92 Å². The molecule has 3 atom stereocenters. The van der Waals surface area contributed by atoms with Crippen molar-refractivity contribution in [1.29, 1.82) is 0 Å². The Balaban J connectivity index is 1.93. The second-order valence-electron chi connectivity index (χ2n) is 9.48. The van der Waals surface area contributed by atoms with Crippen LogP contribution in [0.1, 0.15) is 38.3 Å². The summed E-state index contributed by atoms with van der Waals surface area (Å²) in [5, 5.41) is 19.1. The van der Waals surface area contributed by atoms with Gasteiger partial charge in [0, 0.05) is 6.42 Å². The van der Waals surface area contributed by atoms with Crippen LogP contribution in [-0.2, 0) is 36.9 Å². The third-order valence-corrected chi connectivity index (χ3v) is 5.62. The van der Waals surface area contributed by atoms with Crippen molar-refractivity contribution in [1.82, 2.24) is 21.3 Å². The van der Waals surface area contributed by atoms with Gasteiger partial charge in [0.15, 0.2) is 0 Å². The molecule has 3 unspecified atom stereocenters. The molecule has 5 N–H and O–H groups in total. The van der Waals surface area contributed by atoms with Crippen LogP contribution in [0.4, 0.5) is 4.79 Å². The fourth-order valence-electron chi connectivity index (χ4n) is 3.60. The molecule has 0 heterocycles. The standard InChI is InChI=1S/C28H36N4O7/c1-18(2)14-23(27(36)37)31-24(33)16-29-25(34)19(3)30-26(35)22(15-20-10-6-4-7-11-20)32-28(38)39-17-21-12-8-5-9-13-21/h4-13,18-19,22-23H,14-17H2,1-3H3,(H,29,34)(H,30,35)(H,31,33)(H,32,38)(H,36,37). The topological polar surface area (TPSA) is 163 Å². The molecule has 210 valence electrons. The molecule has 0 spiro atoms. The fraction of sp³-hybridized carbons (Fsp3) is 0.393. The van der Waals surface area contributed by atoms with Crippen molar-refractivity contribution in [3.8, 4) is 0 Å². The Morgan fingerprint density at radius 1 is 0.769 bits per heavy atom. The minimum absolute atomic E-state index is 0.0210. The van der Waals surface area contributed by atoms with E-state index in [9.17, 15) is 29.1 Å². The zero-order chi connectivity index (χ0) is 28.8. The van der Waals surface area contributed by atoms with Crippen LogP contribution in [0.25, 0.3) is 0 Å². The van der Waals surface area contributed by atoms with Gasteiger partial charge in [-0.25, -0.2) is 9.59 Å². The number of hydrogen-bond donors (Lipinski definition) is 5. The molecule has 39 heavy (non-hydrogen) atoms. The predicted octanol–water partition coefficient (Wildman–Crippen LogP) is 1.76. The highest BCUT2D eigenvalue weighted by atomic mass is 16.5. The van der Waals surface area contributed by atoms with Crippen LogP contribution in [-0.4, -0.2) is 59.6 Å². The Morgan fingerprint density at radius 2 is 1.36 bits per heavy atom. The number of amides is 4. The summed E-state index contributed by atoms with van der Waals surface area (Å²) in [5.41, 5.74) is 1.56. The van der Waals surface area contributed by atoms with Gasteiger partial charge in [0.2, 0.25) is 17.7 Å². The number of carbonyl (C=O) groups excluding carboxylic acids is 4. The number of carboxylic acids is 1. The van der Waals surface area contributed by atoms with Crippen LogP contribution >= 0.6 is 0 Å². The maximum atomic E-state index is 13.0. The molecular formula is C28H36N4O7. The van der Waals surface area contributed by atoms with Crippen molar-refractivity contribution < 1.29 is 33.8 Å². The first-order valence-electron chi connectivity index (χ1n) is 12.7. The quantitative estimate of drug-likeness (QED) is 0.244. The smallest absolute Gasteiger partial charge is 0.408 e. The van der Waals surface area contributed by atoms with Gasteiger partial charge in [-0.2, -0.15) is 0 Å². The van der Waals surface area contributed by atoms with Gasteiger partial charge < -0.3 is 31.1 Å². The molecule has 0 saturated heterocycles. The van der Waals surface area contributed by atoms with Crippen molar-refractivity contribution in [3.63, 3.8) is 0 Å². The van der Waals surface area contributed by atoms with Crippen LogP contribution in [0.3, 0.4) is 0 Å². The number of rotatable bonds is 14. The second-order valence-corrected chi connectivity index (χ2v) is 9.48. The molecule has 4 amide bonds. The van der Waals surface area contributed by atoms with E-state index in [1.807, 2.05) is 38.1 Å². The van der Waals surface area contributed by atoms with Gasteiger partial charge in [-0.3, -0.25) is 14.4 Å². The van der Waals surface area contributed by atoms with Gasteiger partial charge >= 0.3 is 12.1 Å². The highest BCUT2D eigenvalue weighted by Gasteiger charge is 2.26. The molecule has 0 radical (unpaired) electrons. The van der Waals surface area contributed by atoms with Gasteiger partial charge in [-0.1, -0.05) is 74.5 Å². The number of alkyl carbamates (subject to hydrolysis) is 1. The number of nitrogens with one attached hydrogen (secondary N) is 4. The average Bonchev–Trinajstić information content (AvgIpc) is 2.90. The lowest BCUT2D eigenvalue weighted by molar-refractivity contribution is -0.142. The monoisotopic (exact) mass is 540 g/mol. The van der Waals surface area contributed by atoms with Crippen molar-refractivity contribution in [2.75, 3.05) is 6.54 Å². The minimum Gasteiger partial charge on any atom is -0.480 e. The Bertz CT molecular complexity index is 1110. The lowest BCUT2D eigenvalue weighted by Crippen LogP contribution is -2.54. The molecule has 2 aromatic rings. The molecular weight excluding hydrogens is 504 g/mol. The molecule has 2 aromatic carbocycles. The summed E-state index contributed by atoms with van der Waals surface area (Å²) >= 11 is 0. The highest BCUT2D eigenvalue weighted by molar-refractivity contribution is 5.93. The number of hydrogen-bond acceptors (Lipinski definition) is 6. The summed E-state index contributed by atoms with van der Waals surface area (Å²) in [5.74, 6) is -3.06. The summed E-state index contributed by atoms with van der Waals surface area (Å²) < 4.78 is 5.24. The molecule has 0 saturated carbocycles. The first-order chi connectivity index (χ1) is 18.5. The van der Waals surface area contributed by atoms with Crippen LogP contribution < -0.4 is 21.3 Å². The van der Waals surface area contributed by atoms with Gasteiger partial charge in [0.25, 0.3) is 0 Å². The van der Waals surface area contributed by atoms with Crippen molar-refractivity contribution >= 4 is 29.8 Å². The predicted molar refractivity (Wildman–Crippen MR) is 143 cm³/mol. The number of ether oxygens (including phenoxy) is 1. The van der Waals surface area contributed by atoms with E-state index in [4.69, 9.17) is 4.74 Å². The highest BCUT2D eigenvalue weighted by Crippen LogP contribution is 2.07. The van der Waals surface area contributed by atoms with E-state index >= 15 is 0 Å². The van der Waals surface area contributed by atoms with Crippen LogP contribution in [0.5, 0.6) is 0 Å². The zero-order valence-electron chi connectivity index (χ0n) is 22.3. The van der Waals surface area contributed by atoms with E-state index < -0.39 is 54.5 Å². The van der Waals surface area contributed by atoms with E-state index in [1.54, 1.807) is 36.4 Å². The number of aliphatic carboxylic acids is 1. The summed E-state index contributed by atoms with van der Waals surface area (Å²) in [7, 11) is 0. The van der Waals surface area contributed by atoms with Crippen molar-refractivity contribution in [3.05, 3.63) is 71.8 Å². The molecule has 0 bridgehead atoms. The zero-order valence-corrected chi connectivity index (χ0v) is 22.3. The van der Waals surface area contributed by atoms with Gasteiger partial charge in [0.05, 0.1) is 6.54 Å². The van der Waals surface area contributed by atoms with E-state index in [2.05, 4.69) is 21.3 Å². The summed E-state index contributed by atoms with van der Waals surface area (Å²) in [4.78, 5) is 61.5. The third kappa shape index (κ3) is 11.7. The Labute approximate surface area is 227 Å². The van der Waals surface area contributed by atoms with Gasteiger partial charge in [-0.05, 0) is 30.4 Å². The van der Waals surface area contributed by atoms with Crippen LogP contribution in [0, 0.1) is 5.92 Å². The summed E-state index contributed by atoms with van der Waals surface area (Å²) in [6.07, 6.45) is -0.403. The van der Waals surface area contributed by atoms with E-state index in [0.717, 1.165) is 11.1 Å². The lowest BCUT2D eigenvalue weighted by atomic mass is 10.0. The number of benzene rings is 2. The van der Waals surface area contributed by atoms with Gasteiger partial charge in [0.1, 0.15) is 24.7 Å². The normalized spacial score (nSPS) is 12.9. The van der Waals surface area contributed by atoms with Crippen molar-refractivity contribution in [2.24, 2.45) is 5.92 Å². The van der Waals surface area contributed by atoms with E-state index in [0.29, 0.717) is 0 Å². The first-order valence-corrected chi connectivity index (χ1v) is 12.7. The molecule has 2 rings (SSSR count). The largest absolute Gasteiger partial charge is 0.480 e. The minimum atomic E-state index is -1.16. The van der Waals surface area contributed by atoms with Crippen LogP contribution in [0.2, 0.25) is 0 Å². The van der Waals surface area contributed by atoms with Gasteiger partial charge in [-0.15, -0.1) is 0 Å². The summed E-state index contributed by atoms with van der Waals surface area (Å²) in [6, 6.07) is 14.9. The maximum Gasteiger partial charge on any atom is 0.408 e. The maximum absolute atomic E-state index is 13.0. The Kier molecular flexibility index (Phi) is 12.4. The second kappa shape index (κ2) is 15.8. The molecule has 0 aliphatic rings. The average molecular weight is 541 g/mol. The molecule has 11 heteroatoms. The van der Waals surface area contributed by atoms with Crippen molar-refractivity contribution in [2.45, 2.75) is 58.3 Å². The molecule has 0 aliphatic carbocycles. The number of carboxylic acid groups (broad SMARTS) is 1. The SMILES string of the molecule is CC(C)CC(NC(=O)CNC(=O)C(C)NC(=O)C(Cc1ccccc1)NC(=O)OCc1ccccc1)C(=O)O. The summed E-state index contributed by atoms with van der Waals surface area (Å²) in [6.45, 7) is 4.65. The third-order valence-electron chi connectivity index (χ3n) is 5.62. The Hall–Kier alpha value is -4.41. The molecule has 0 aromatic heterocycles. The molecule has 0 fully saturated rings. The Morgan fingerprint density at radius 3 is 1.92 bits per heavy atom. The lowest BCUT2D eigenvalue weighted by Gasteiger charge is -2.21.